The second kappa shape index (κ2) is 7.73. The second-order valence-corrected chi connectivity index (χ2v) is 5.34. The van der Waals surface area contributed by atoms with E-state index in [-0.39, 0.29) is 17.0 Å². The highest BCUT2D eigenvalue weighted by molar-refractivity contribution is 6.32. The van der Waals surface area contributed by atoms with Gasteiger partial charge in [-0.2, -0.15) is 5.10 Å². The third kappa shape index (κ3) is 3.87. The number of amides is 1. The fourth-order valence-corrected chi connectivity index (χ4v) is 2.40. The molecule has 2 aromatic heterocycles. The summed E-state index contributed by atoms with van der Waals surface area (Å²) >= 11 is 6.21. The van der Waals surface area contributed by atoms with Crippen LogP contribution in [0.25, 0.3) is 5.69 Å². The normalized spacial score (nSPS) is 12.5. The largest absolute Gasteiger partial charge is 0.411 e. The van der Waals surface area contributed by atoms with Crippen LogP contribution in [0, 0.1) is 5.92 Å². The number of aromatic nitrogens is 3. The highest BCUT2D eigenvalue weighted by Crippen LogP contribution is 2.27. The van der Waals surface area contributed by atoms with Crippen molar-refractivity contribution in [2.45, 2.75) is 20.3 Å². The summed E-state index contributed by atoms with van der Waals surface area (Å²) in [5, 5.41) is 15.9. The summed E-state index contributed by atoms with van der Waals surface area (Å²) in [6, 6.07) is 3.64. The van der Waals surface area contributed by atoms with Gasteiger partial charge in [-0.3, -0.25) is 9.78 Å². The fourth-order valence-electron chi connectivity index (χ4n) is 2.16. The maximum absolute atomic E-state index is 12.6. The van der Waals surface area contributed by atoms with E-state index in [4.69, 9.17) is 16.8 Å². The second-order valence-electron chi connectivity index (χ2n) is 4.98. The Morgan fingerprint density at radius 3 is 3.00 bits per heavy atom. The van der Waals surface area contributed by atoms with Crippen molar-refractivity contribution in [3.8, 4) is 5.69 Å². The van der Waals surface area contributed by atoms with Gasteiger partial charge in [-0.05, 0) is 25.5 Å². The quantitative estimate of drug-likeness (QED) is 0.500. The molecule has 0 spiro atoms. The number of carbonyl (C=O) groups excluding carboxylic acids is 1. The van der Waals surface area contributed by atoms with Gasteiger partial charge < -0.3 is 10.1 Å². The third-order valence-corrected chi connectivity index (χ3v) is 3.67. The van der Waals surface area contributed by atoms with Crippen molar-refractivity contribution in [3.05, 3.63) is 35.9 Å². The first kappa shape index (κ1) is 17.0. The van der Waals surface area contributed by atoms with E-state index < -0.39 is 0 Å². The molecule has 1 unspecified atom stereocenters. The van der Waals surface area contributed by atoms with Gasteiger partial charge in [-0.25, -0.2) is 4.68 Å². The molecule has 122 valence electrons. The SMILES string of the molecule is CCN(C(=O)C(C)CC=NO)c1cn(-c2cccnc2)nc1Cl. The number of hydrogen-bond acceptors (Lipinski definition) is 5. The number of carbonyl (C=O) groups is 1. The Morgan fingerprint density at radius 1 is 1.61 bits per heavy atom. The van der Waals surface area contributed by atoms with E-state index in [2.05, 4.69) is 15.2 Å². The maximum Gasteiger partial charge on any atom is 0.230 e. The molecule has 2 heterocycles. The van der Waals surface area contributed by atoms with Gasteiger partial charge in [0.05, 0.1) is 18.1 Å². The van der Waals surface area contributed by atoms with E-state index in [9.17, 15) is 4.79 Å². The zero-order valence-corrected chi connectivity index (χ0v) is 13.7. The minimum atomic E-state index is -0.330. The van der Waals surface area contributed by atoms with Crippen LogP contribution in [0.5, 0.6) is 0 Å². The van der Waals surface area contributed by atoms with Gasteiger partial charge >= 0.3 is 0 Å². The van der Waals surface area contributed by atoms with Crippen LogP contribution >= 0.6 is 11.6 Å². The van der Waals surface area contributed by atoms with Crippen LogP contribution in [0.4, 0.5) is 5.69 Å². The van der Waals surface area contributed by atoms with Crippen LogP contribution in [-0.4, -0.2) is 38.6 Å². The first-order valence-corrected chi connectivity index (χ1v) is 7.59. The van der Waals surface area contributed by atoms with E-state index in [1.54, 1.807) is 41.2 Å². The lowest BCUT2D eigenvalue weighted by atomic mass is 10.1. The summed E-state index contributed by atoms with van der Waals surface area (Å²) in [6.45, 7) is 4.09. The van der Waals surface area contributed by atoms with Gasteiger partial charge in [0, 0.05) is 24.9 Å². The zero-order valence-electron chi connectivity index (χ0n) is 12.9. The Balaban J connectivity index is 2.28. The molecule has 1 amide bonds. The predicted octanol–water partition coefficient (Wildman–Crippen LogP) is 2.76. The van der Waals surface area contributed by atoms with Gasteiger partial charge in [0.2, 0.25) is 5.91 Å². The number of rotatable bonds is 6. The zero-order chi connectivity index (χ0) is 16.8. The number of anilines is 1. The molecule has 7 nitrogen and oxygen atoms in total. The van der Waals surface area contributed by atoms with Crippen LogP contribution in [-0.2, 0) is 4.79 Å². The Bertz CT molecular complexity index is 686. The van der Waals surface area contributed by atoms with Crippen LogP contribution < -0.4 is 4.90 Å². The molecular formula is C15H18ClN5O2. The molecule has 0 bridgehead atoms. The van der Waals surface area contributed by atoms with E-state index in [0.29, 0.717) is 18.7 Å². The maximum atomic E-state index is 12.6. The fraction of sp³-hybridized carbons (Fsp3) is 0.333. The first-order valence-electron chi connectivity index (χ1n) is 7.21. The first-order chi connectivity index (χ1) is 11.1. The number of hydrogen-bond donors (Lipinski definition) is 1. The van der Waals surface area contributed by atoms with Crippen LogP contribution in [0.2, 0.25) is 5.15 Å². The Hall–Kier alpha value is -2.41. The summed E-state index contributed by atoms with van der Waals surface area (Å²) in [5.74, 6) is -0.441. The molecule has 0 saturated heterocycles. The molecule has 0 fully saturated rings. The molecule has 0 aliphatic rings. The van der Waals surface area contributed by atoms with Crippen molar-refractivity contribution in [1.82, 2.24) is 14.8 Å². The summed E-state index contributed by atoms with van der Waals surface area (Å²) < 4.78 is 1.58. The molecular weight excluding hydrogens is 318 g/mol. The monoisotopic (exact) mass is 335 g/mol. The van der Waals surface area contributed by atoms with E-state index in [0.717, 1.165) is 5.69 Å². The lowest BCUT2D eigenvalue weighted by Crippen LogP contribution is -2.35. The molecule has 0 radical (unpaired) electrons. The minimum absolute atomic E-state index is 0.111. The van der Waals surface area contributed by atoms with Crippen molar-refractivity contribution in [3.63, 3.8) is 0 Å². The van der Waals surface area contributed by atoms with Gasteiger partial charge in [0.15, 0.2) is 5.15 Å². The van der Waals surface area contributed by atoms with Crippen LogP contribution in [0.3, 0.4) is 0 Å². The Labute approximate surface area is 139 Å². The summed E-state index contributed by atoms with van der Waals surface area (Å²) in [5.41, 5.74) is 1.29. The molecule has 0 aliphatic carbocycles. The third-order valence-electron chi connectivity index (χ3n) is 3.40. The van der Waals surface area contributed by atoms with Crippen molar-refractivity contribution in [1.29, 1.82) is 0 Å². The number of pyridine rings is 1. The highest BCUT2D eigenvalue weighted by Gasteiger charge is 2.24. The number of halogens is 1. The molecule has 8 heteroatoms. The van der Waals surface area contributed by atoms with E-state index in [1.807, 2.05) is 13.0 Å². The Morgan fingerprint density at radius 2 is 2.39 bits per heavy atom. The van der Waals surface area contributed by atoms with Crippen LogP contribution in [0.15, 0.2) is 35.9 Å². The van der Waals surface area contributed by atoms with E-state index in [1.165, 1.54) is 6.21 Å². The summed E-state index contributed by atoms with van der Waals surface area (Å²) in [7, 11) is 0. The van der Waals surface area contributed by atoms with Crippen molar-refractivity contribution in [2.75, 3.05) is 11.4 Å². The van der Waals surface area contributed by atoms with Gasteiger partial charge in [-0.1, -0.05) is 18.5 Å². The van der Waals surface area contributed by atoms with Gasteiger partial charge in [0.25, 0.3) is 0 Å². The molecule has 2 aromatic rings. The topological polar surface area (TPSA) is 83.6 Å². The Kier molecular flexibility index (Phi) is 5.70. The van der Waals surface area contributed by atoms with Crippen LogP contribution in [0.1, 0.15) is 20.3 Å². The lowest BCUT2D eigenvalue weighted by molar-refractivity contribution is -0.121. The highest BCUT2D eigenvalue weighted by atomic mass is 35.5. The standard InChI is InChI=1S/C15H18ClN5O2/c1-3-20(15(22)11(2)6-8-18-23)13-10-21(19-14(13)16)12-5-4-7-17-9-12/h4-5,7-11,23H,3,6H2,1-2H3. The molecule has 23 heavy (non-hydrogen) atoms. The van der Waals surface area contributed by atoms with Crippen molar-refractivity contribution in [2.24, 2.45) is 11.1 Å². The lowest BCUT2D eigenvalue weighted by Gasteiger charge is -2.22. The van der Waals surface area contributed by atoms with E-state index >= 15 is 0 Å². The summed E-state index contributed by atoms with van der Waals surface area (Å²) in [4.78, 5) is 18.2. The molecule has 1 atom stereocenters. The average molecular weight is 336 g/mol. The number of nitrogens with zero attached hydrogens (tertiary/aromatic N) is 5. The summed E-state index contributed by atoms with van der Waals surface area (Å²) in [6.07, 6.45) is 6.68. The van der Waals surface area contributed by atoms with Gasteiger partial charge in [0.1, 0.15) is 5.69 Å². The van der Waals surface area contributed by atoms with Crippen molar-refractivity contribution < 1.29 is 10.0 Å². The molecule has 0 aliphatic heterocycles. The molecule has 0 saturated carbocycles. The smallest absolute Gasteiger partial charge is 0.230 e. The molecule has 0 aromatic carbocycles. The molecule has 2 rings (SSSR count). The van der Waals surface area contributed by atoms with Crippen molar-refractivity contribution >= 4 is 29.4 Å². The van der Waals surface area contributed by atoms with Gasteiger partial charge in [-0.15, -0.1) is 5.16 Å². The molecule has 1 N–H and O–H groups in total. The average Bonchev–Trinajstić information content (AvgIpc) is 2.96. The minimum Gasteiger partial charge on any atom is -0.411 e. The predicted molar refractivity (Wildman–Crippen MR) is 88.5 cm³/mol. The number of oxime groups is 1.